The first-order valence-electron chi connectivity index (χ1n) is 4.49. The van der Waals surface area contributed by atoms with Crippen LogP contribution in [0.3, 0.4) is 0 Å². The third kappa shape index (κ3) is 5.27. The van der Waals surface area contributed by atoms with E-state index in [2.05, 4.69) is 0 Å². The van der Waals surface area contributed by atoms with Crippen LogP contribution in [0.4, 0.5) is 0 Å². The molecule has 0 spiro atoms. The lowest BCUT2D eigenvalue weighted by Gasteiger charge is -2.09. The average Bonchev–Trinajstić information content (AvgIpc) is 2.03. The van der Waals surface area contributed by atoms with E-state index in [0.29, 0.717) is 18.4 Å². The van der Waals surface area contributed by atoms with Crippen molar-refractivity contribution in [3.8, 4) is 0 Å². The van der Waals surface area contributed by atoms with Gasteiger partial charge in [0.15, 0.2) is 0 Å². The van der Waals surface area contributed by atoms with Gasteiger partial charge in [-0.05, 0) is 19.3 Å². The summed E-state index contributed by atoms with van der Waals surface area (Å²) in [6.07, 6.45) is 0.809. The number of carbonyl (C=O) groups is 2. The van der Waals surface area contributed by atoms with E-state index in [0.717, 1.165) is 0 Å². The molecule has 1 atom stereocenters. The highest BCUT2D eigenvalue weighted by atomic mass is 16.1. The molecule has 14 heavy (non-hydrogen) atoms. The Labute approximate surface area is 83.2 Å². The van der Waals surface area contributed by atoms with Crippen molar-refractivity contribution < 1.29 is 14.4 Å². The summed E-state index contributed by atoms with van der Waals surface area (Å²) in [7, 11) is 0. The van der Waals surface area contributed by atoms with Crippen molar-refractivity contribution in [1.29, 1.82) is 0 Å². The highest BCUT2D eigenvalue weighted by molar-refractivity contribution is 5.77. The number of hydrogen-bond donors (Lipinski definition) is 1. The SMILES string of the molecule is CC(=O)CCC(=C=O)C(C)CC(N)=O. The third-order valence-electron chi connectivity index (χ3n) is 1.98. The highest BCUT2D eigenvalue weighted by Crippen LogP contribution is 2.16. The van der Waals surface area contributed by atoms with Crippen LogP contribution in [0.25, 0.3) is 0 Å². The predicted octanol–water partition coefficient (Wildman–Crippen LogP) is 0.625. The molecule has 4 heteroatoms. The minimum absolute atomic E-state index is 0.0176. The van der Waals surface area contributed by atoms with Gasteiger partial charge in [0.25, 0.3) is 0 Å². The van der Waals surface area contributed by atoms with Gasteiger partial charge in [-0.1, -0.05) is 6.92 Å². The number of primary amides is 1. The summed E-state index contributed by atoms with van der Waals surface area (Å²) >= 11 is 0. The normalized spacial score (nSPS) is 11.6. The van der Waals surface area contributed by atoms with Crippen molar-refractivity contribution in [2.75, 3.05) is 0 Å². The fraction of sp³-hybridized carbons (Fsp3) is 0.600. The molecule has 0 aromatic heterocycles. The molecule has 0 bridgehead atoms. The maximum atomic E-state index is 10.7. The number of Topliss-reactive ketones (excluding diaryl/α,β-unsaturated/α-hetero) is 1. The summed E-state index contributed by atoms with van der Waals surface area (Å²) in [4.78, 5) is 31.8. The zero-order valence-electron chi connectivity index (χ0n) is 8.50. The van der Waals surface area contributed by atoms with Crippen LogP contribution < -0.4 is 5.73 Å². The predicted molar refractivity (Wildman–Crippen MR) is 52.1 cm³/mol. The minimum atomic E-state index is -0.451. The highest BCUT2D eigenvalue weighted by Gasteiger charge is 2.13. The van der Waals surface area contributed by atoms with Crippen molar-refractivity contribution in [3.05, 3.63) is 5.57 Å². The average molecular weight is 197 g/mol. The van der Waals surface area contributed by atoms with Crippen molar-refractivity contribution in [2.45, 2.75) is 33.1 Å². The molecular formula is C10H15NO3. The van der Waals surface area contributed by atoms with Gasteiger partial charge in [-0.2, -0.15) is 0 Å². The van der Waals surface area contributed by atoms with Crippen molar-refractivity contribution in [2.24, 2.45) is 11.7 Å². The molecule has 0 saturated carbocycles. The maximum absolute atomic E-state index is 10.7. The zero-order chi connectivity index (χ0) is 11.1. The lowest BCUT2D eigenvalue weighted by Crippen LogP contribution is -2.16. The molecule has 0 rings (SSSR count). The van der Waals surface area contributed by atoms with Gasteiger partial charge >= 0.3 is 0 Å². The molecule has 0 aromatic carbocycles. The summed E-state index contributed by atoms with van der Waals surface area (Å²) in [5.41, 5.74) is 5.45. The van der Waals surface area contributed by atoms with E-state index < -0.39 is 5.91 Å². The number of hydrogen-bond acceptors (Lipinski definition) is 3. The molecule has 1 amide bonds. The zero-order valence-corrected chi connectivity index (χ0v) is 8.50. The van der Waals surface area contributed by atoms with E-state index in [1.807, 2.05) is 0 Å². The van der Waals surface area contributed by atoms with Crippen LogP contribution in [-0.4, -0.2) is 17.6 Å². The Bertz CT molecular complexity index is 277. The summed E-state index contributed by atoms with van der Waals surface area (Å²) in [5, 5.41) is 0. The van der Waals surface area contributed by atoms with Gasteiger partial charge < -0.3 is 10.5 Å². The maximum Gasteiger partial charge on any atom is 0.218 e. The van der Waals surface area contributed by atoms with Crippen LogP contribution in [-0.2, 0) is 14.4 Å². The number of allylic oxidation sites excluding steroid dienone is 1. The van der Waals surface area contributed by atoms with E-state index in [-0.39, 0.29) is 18.1 Å². The van der Waals surface area contributed by atoms with E-state index in [9.17, 15) is 14.4 Å². The van der Waals surface area contributed by atoms with Gasteiger partial charge in [-0.25, -0.2) is 4.79 Å². The van der Waals surface area contributed by atoms with Crippen LogP contribution in [0.2, 0.25) is 0 Å². The van der Waals surface area contributed by atoms with Crippen molar-refractivity contribution >= 4 is 17.6 Å². The lowest BCUT2D eigenvalue weighted by molar-refractivity contribution is -0.118. The molecule has 78 valence electrons. The number of carbonyl (C=O) groups excluding carboxylic acids is 3. The second-order valence-electron chi connectivity index (χ2n) is 3.40. The largest absolute Gasteiger partial charge is 0.370 e. The number of ketones is 1. The Hall–Kier alpha value is -1.41. The molecule has 0 radical (unpaired) electrons. The van der Waals surface area contributed by atoms with Crippen LogP contribution in [0.5, 0.6) is 0 Å². The number of amides is 1. The second kappa shape index (κ2) is 6.11. The first-order valence-corrected chi connectivity index (χ1v) is 4.49. The molecule has 4 nitrogen and oxygen atoms in total. The monoisotopic (exact) mass is 197 g/mol. The lowest BCUT2D eigenvalue weighted by atomic mass is 9.94. The van der Waals surface area contributed by atoms with Gasteiger partial charge in [0.2, 0.25) is 5.91 Å². The fourth-order valence-corrected chi connectivity index (χ4v) is 1.13. The van der Waals surface area contributed by atoms with Crippen molar-refractivity contribution in [3.63, 3.8) is 0 Å². The Morgan fingerprint density at radius 2 is 1.93 bits per heavy atom. The molecular weight excluding hydrogens is 182 g/mol. The Morgan fingerprint density at radius 3 is 2.29 bits per heavy atom. The molecule has 1 unspecified atom stereocenters. The van der Waals surface area contributed by atoms with Crippen molar-refractivity contribution in [1.82, 2.24) is 0 Å². The van der Waals surface area contributed by atoms with E-state index in [1.165, 1.54) is 6.92 Å². The Balaban J connectivity index is 4.21. The molecule has 2 N–H and O–H groups in total. The van der Waals surface area contributed by atoms with Crippen LogP contribution in [0, 0.1) is 5.92 Å². The first kappa shape index (κ1) is 12.6. The quantitative estimate of drug-likeness (QED) is 0.634. The second-order valence-corrected chi connectivity index (χ2v) is 3.40. The van der Waals surface area contributed by atoms with E-state index in [4.69, 9.17) is 5.73 Å². The van der Waals surface area contributed by atoms with Gasteiger partial charge in [-0.3, -0.25) is 4.79 Å². The summed E-state index contributed by atoms with van der Waals surface area (Å²) < 4.78 is 0. The smallest absolute Gasteiger partial charge is 0.218 e. The summed E-state index contributed by atoms with van der Waals surface area (Å²) in [6, 6.07) is 0. The van der Waals surface area contributed by atoms with Gasteiger partial charge in [0.1, 0.15) is 11.7 Å². The van der Waals surface area contributed by atoms with E-state index >= 15 is 0 Å². The minimum Gasteiger partial charge on any atom is -0.370 e. The summed E-state index contributed by atoms with van der Waals surface area (Å²) in [6.45, 7) is 3.19. The first-order chi connectivity index (χ1) is 6.47. The van der Waals surface area contributed by atoms with E-state index in [1.54, 1.807) is 12.9 Å². The van der Waals surface area contributed by atoms with Gasteiger partial charge in [0.05, 0.1) is 0 Å². The Kier molecular flexibility index (Phi) is 5.49. The van der Waals surface area contributed by atoms with Crippen LogP contribution in [0.15, 0.2) is 5.57 Å². The topological polar surface area (TPSA) is 77.2 Å². The van der Waals surface area contributed by atoms with Gasteiger partial charge in [-0.15, -0.1) is 0 Å². The number of rotatable bonds is 6. The Morgan fingerprint density at radius 1 is 1.36 bits per heavy atom. The van der Waals surface area contributed by atoms with Gasteiger partial charge in [0, 0.05) is 18.4 Å². The molecule has 0 saturated heterocycles. The molecule has 0 aliphatic heterocycles. The number of nitrogens with two attached hydrogens (primary N) is 1. The van der Waals surface area contributed by atoms with Crippen LogP contribution in [0.1, 0.15) is 33.1 Å². The molecule has 0 aliphatic carbocycles. The summed E-state index contributed by atoms with van der Waals surface area (Å²) in [5.74, 6) is 1.12. The molecule has 0 aromatic rings. The molecule has 0 fully saturated rings. The molecule has 0 aliphatic rings. The third-order valence-corrected chi connectivity index (χ3v) is 1.98. The molecule has 0 heterocycles. The fourth-order valence-electron chi connectivity index (χ4n) is 1.13. The standard InChI is InChI=1S/C10H15NO3/c1-7(5-10(11)14)9(6-12)4-3-8(2)13/h7H,3-5H2,1-2H3,(H2,11,14). The van der Waals surface area contributed by atoms with Crippen LogP contribution >= 0.6 is 0 Å².